The molecule has 0 saturated carbocycles. The van der Waals surface area contributed by atoms with E-state index < -0.39 is 0 Å². The number of rotatable bonds is 1. The van der Waals surface area contributed by atoms with Gasteiger partial charge in [0.25, 0.3) is 0 Å². The molecule has 0 amide bonds. The summed E-state index contributed by atoms with van der Waals surface area (Å²) in [6.07, 6.45) is 11.7. The Labute approximate surface area is 116 Å². The van der Waals surface area contributed by atoms with Gasteiger partial charge in [0.15, 0.2) is 0 Å². The molecule has 2 nitrogen and oxygen atoms in total. The summed E-state index contributed by atoms with van der Waals surface area (Å²) in [7, 11) is 0. The Kier molecular flexibility index (Phi) is 4.62. The van der Waals surface area contributed by atoms with Gasteiger partial charge in [-0.15, -0.1) is 0 Å². The van der Waals surface area contributed by atoms with E-state index >= 15 is 0 Å². The maximum atomic E-state index is 10.7. The minimum atomic E-state index is 0.145. The van der Waals surface area contributed by atoms with E-state index in [2.05, 4.69) is 32.9 Å². The molecule has 1 fully saturated rings. The quantitative estimate of drug-likeness (QED) is 0.401. The van der Waals surface area contributed by atoms with Crippen LogP contribution in [0.3, 0.4) is 0 Å². The number of carbonyl (C=O) groups is 1. The fraction of sp³-hybridized carbons (Fsp3) is 0.588. The van der Waals surface area contributed by atoms with Crippen molar-refractivity contribution < 1.29 is 9.53 Å². The molecular formula is C17H24O2. The van der Waals surface area contributed by atoms with Gasteiger partial charge < -0.3 is 4.74 Å². The van der Waals surface area contributed by atoms with Gasteiger partial charge in [-0.3, -0.25) is 4.79 Å². The largest absolute Gasteiger partial charge is 0.490 e. The van der Waals surface area contributed by atoms with Gasteiger partial charge in [-0.25, -0.2) is 0 Å². The summed E-state index contributed by atoms with van der Waals surface area (Å²) < 4.78 is 5.99. The Morgan fingerprint density at radius 3 is 2.79 bits per heavy atom. The van der Waals surface area contributed by atoms with Crippen LogP contribution in [0.25, 0.3) is 0 Å². The van der Waals surface area contributed by atoms with Crippen molar-refractivity contribution >= 4 is 6.29 Å². The molecule has 1 saturated heterocycles. The second-order valence-electron chi connectivity index (χ2n) is 5.88. The second kappa shape index (κ2) is 6.23. The highest BCUT2D eigenvalue weighted by Gasteiger charge is 2.37. The zero-order valence-corrected chi connectivity index (χ0v) is 12.2. The predicted octanol–water partition coefficient (Wildman–Crippen LogP) is 4.19. The van der Waals surface area contributed by atoms with Crippen LogP contribution in [0.1, 0.15) is 46.5 Å². The summed E-state index contributed by atoms with van der Waals surface area (Å²) in [5.74, 6) is 1.68. The van der Waals surface area contributed by atoms with Gasteiger partial charge in [-0.05, 0) is 45.6 Å². The molecule has 0 bridgehead atoms. The van der Waals surface area contributed by atoms with E-state index in [9.17, 15) is 4.79 Å². The highest BCUT2D eigenvalue weighted by Crippen LogP contribution is 2.40. The van der Waals surface area contributed by atoms with Crippen LogP contribution in [0, 0.1) is 11.8 Å². The molecule has 0 unspecified atom stereocenters. The van der Waals surface area contributed by atoms with Crippen LogP contribution in [0.5, 0.6) is 0 Å². The topological polar surface area (TPSA) is 26.3 Å². The Morgan fingerprint density at radius 2 is 2.05 bits per heavy atom. The fourth-order valence-corrected chi connectivity index (χ4v) is 3.08. The van der Waals surface area contributed by atoms with Crippen LogP contribution < -0.4 is 0 Å². The third-order valence-electron chi connectivity index (χ3n) is 4.37. The van der Waals surface area contributed by atoms with Crippen molar-refractivity contribution in [3.05, 3.63) is 35.1 Å². The summed E-state index contributed by atoms with van der Waals surface area (Å²) in [5, 5.41) is 0. The second-order valence-corrected chi connectivity index (χ2v) is 5.88. The van der Waals surface area contributed by atoms with E-state index in [0.29, 0.717) is 11.8 Å². The first-order valence-corrected chi connectivity index (χ1v) is 7.26. The number of hydrogen-bond donors (Lipinski definition) is 0. The monoisotopic (exact) mass is 260 g/mol. The summed E-state index contributed by atoms with van der Waals surface area (Å²) in [4.78, 5) is 10.7. The van der Waals surface area contributed by atoms with Gasteiger partial charge >= 0.3 is 0 Å². The van der Waals surface area contributed by atoms with Crippen molar-refractivity contribution in [1.82, 2.24) is 0 Å². The summed E-state index contributed by atoms with van der Waals surface area (Å²) >= 11 is 0. The van der Waals surface area contributed by atoms with E-state index in [1.807, 2.05) is 0 Å². The lowest BCUT2D eigenvalue weighted by atomic mass is 9.84. The summed E-state index contributed by atoms with van der Waals surface area (Å²) in [6.45, 7) is 6.57. The molecule has 2 rings (SSSR count). The highest BCUT2D eigenvalue weighted by molar-refractivity contribution is 5.65. The van der Waals surface area contributed by atoms with E-state index in [1.165, 1.54) is 11.1 Å². The number of aldehydes is 1. The molecule has 0 spiro atoms. The standard InChI is InChI=1S/C17H24O2/c1-12-5-4-6-13(2)11-17-15(8-7-12)14(3)16(19-17)9-10-18/h5,9-11,14-15,17H,4,6-8H2,1-3H3/b12-5?,13-11+,16-9-/t14-,15-,17-/m1/s1. The van der Waals surface area contributed by atoms with Crippen molar-refractivity contribution in [2.45, 2.75) is 52.6 Å². The maximum absolute atomic E-state index is 10.7. The molecule has 0 aromatic carbocycles. The lowest BCUT2D eigenvalue weighted by Crippen LogP contribution is -2.18. The Balaban J connectivity index is 2.24. The van der Waals surface area contributed by atoms with Gasteiger partial charge in [0.05, 0.1) is 0 Å². The van der Waals surface area contributed by atoms with Gasteiger partial charge in [0, 0.05) is 17.9 Å². The number of carbonyl (C=O) groups excluding carboxylic acids is 1. The smallest absolute Gasteiger partial charge is 0.146 e. The molecular weight excluding hydrogens is 236 g/mol. The Hall–Kier alpha value is -1.31. The fourth-order valence-electron chi connectivity index (χ4n) is 3.08. The zero-order chi connectivity index (χ0) is 13.8. The molecule has 3 atom stereocenters. The summed E-state index contributed by atoms with van der Waals surface area (Å²) in [5.41, 5.74) is 2.87. The normalized spacial score (nSPS) is 36.8. The van der Waals surface area contributed by atoms with Crippen LogP contribution in [0.4, 0.5) is 0 Å². The Bertz CT molecular complexity index is 429. The van der Waals surface area contributed by atoms with Crippen molar-refractivity contribution in [3.63, 3.8) is 0 Å². The van der Waals surface area contributed by atoms with Crippen LogP contribution in [-0.4, -0.2) is 12.4 Å². The van der Waals surface area contributed by atoms with Gasteiger partial charge in [-0.1, -0.05) is 24.1 Å². The molecule has 104 valence electrons. The molecule has 0 aromatic heterocycles. The summed E-state index contributed by atoms with van der Waals surface area (Å²) in [6, 6.07) is 0. The van der Waals surface area contributed by atoms with Crippen molar-refractivity contribution in [2.24, 2.45) is 11.8 Å². The molecule has 1 aliphatic heterocycles. The maximum Gasteiger partial charge on any atom is 0.146 e. The number of allylic oxidation sites excluding steroid dienone is 5. The van der Waals surface area contributed by atoms with E-state index in [1.54, 1.807) is 6.08 Å². The van der Waals surface area contributed by atoms with Crippen LogP contribution in [-0.2, 0) is 9.53 Å². The Morgan fingerprint density at radius 1 is 1.26 bits per heavy atom. The van der Waals surface area contributed by atoms with Crippen LogP contribution in [0.2, 0.25) is 0 Å². The van der Waals surface area contributed by atoms with Gasteiger partial charge in [0.2, 0.25) is 0 Å². The molecule has 19 heavy (non-hydrogen) atoms. The molecule has 0 aromatic rings. The third kappa shape index (κ3) is 3.37. The van der Waals surface area contributed by atoms with Gasteiger partial charge in [-0.2, -0.15) is 0 Å². The zero-order valence-electron chi connectivity index (χ0n) is 12.2. The SMILES string of the molecule is CC1=CCC/C(C)=C/[C@H]2O/C(=C\C=O)[C@H](C)[C@H]2CC1. The van der Waals surface area contributed by atoms with Crippen LogP contribution >= 0.6 is 0 Å². The lowest BCUT2D eigenvalue weighted by molar-refractivity contribution is -0.104. The van der Waals surface area contributed by atoms with Crippen molar-refractivity contribution in [3.8, 4) is 0 Å². The van der Waals surface area contributed by atoms with Gasteiger partial charge in [0.1, 0.15) is 18.1 Å². The molecule has 1 heterocycles. The van der Waals surface area contributed by atoms with E-state index in [-0.39, 0.29) is 6.10 Å². The first-order valence-electron chi connectivity index (χ1n) is 7.26. The van der Waals surface area contributed by atoms with E-state index in [4.69, 9.17) is 4.74 Å². The first-order chi connectivity index (χ1) is 9.11. The van der Waals surface area contributed by atoms with Crippen molar-refractivity contribution in [2.75, 3.05) is 0 Å². The number of fused-ring (bicyclic) bond motifs is 1. The number of hydrogen-bond acceptors (Lipinski definition) is 2. The van der Waals surface area contributed by atoms with Crippen LogP contribution in [0.15, 0.2) is 35.1 Å². The molecule has 2 heteroatoms. The highest BCUT2D eigenvalue weighted by atomic mass is 16.5. The average molecular weight is 260 g/mol. The molecule has 1 aliphatic carbocycles. The predicted molar refractivity (Wildman–Crippen MR) is 77.7 cm³/mol. The average Bonchev–Trinajstić information content (AvgIpc) is 2.64. The minimum absolute atomic E-state index is 0.145. The third-order valence-corrected chi connectivity index (χ3v) is 4.37. The molecule has 2 aliphatic rings. The van der Waals surface area contributed by atoms with Crippen molar-refractivity contribution in [1.29, 1.82) is 0 Å². The lowest BCUT2D eigenvalue weighted by Gasteiger charge is -2.19. The van der Waals surface area contributed by atoms with E-state index in [0.717, 1.165) is 37.7 Å². The molecule has 0 N–H and O–H groups in total. The first kappa shape index (κ1) is 14.1. The minimum Gasteiger partial charge on any atom is -0.490 e. The number of ether oxygens (including phenoxy) is 1. The molecule has 0 radical (unpaired) electrons.